The highest BCUT2D eigenvalue weighted by Crippen LogP contribution is 2.31. The van der Waals surface area contributed by atoms with Crippen LogP contribution in [0.15, 0.2) is 18.3 Å². The van der Waals surface area contributed by atoms with Crippen molar-refractivity contribution in [2.24, 2.45) is 11.8 Å². The predicted octanol–water partition coefficient (Wildman–Crippen LogP) is 4.34. The zero-order valence-electron chi connectivity index (χ0n) is 11.0. The second kappa shape index (κ2) is 5.80. The standard InChI is InChI=1S/C14H19F3N2/c1-10-4-2-3-5-11(10)9-19-13-8-12(6-7-18-13)14(15,16)17/h6-8,10-11H,2-5,9H2,1H3,(H,18,19). The summed E-state index contributed by atoms with van der Waals surface area (Å²) in [5.74, 6) is 1.48. The predicted molar refractivity (Wildman–Crippen MR) is 68.9 cm³/mol. The lowest BCUT2D eigenvalue weighted by Gasteiger charge is -2.29. The fourth-order valence-corrected chi connectivity index (χ4v) is 2.64. The van der Waals surface area contributed by atoms with E-state index in [9.17, 15) is 13.2 Å². The normalized spacial score (nSPS) is 24.2. The SMILES string of the molecule is CC1CCCCC1CNc1cc(C(F)(F)F)ccn1. The average molecular weight is 272 g/mol. The molecular formula is C14H19F3N2. The Morgan fingerprint density at radius 1 is 1.32 bits per heavy atom. The summed E-state index contributed by atoms with van der Waals surface area (Å²) in [6, 6.07) is 2.07. The van der Waals surface area contributed by atoms with Crippen LogP contribution < -0.4 is 5.32 Å². The minimum Gasteiger partial charge on any atom is -0.370 e. The van der Waals surface area contributed by atoms with Gasteiger partial charge in [-0.25, -0.2) is 4.98 Å². The van der Waals surface area contributed by atoms with Crippen LogP contribution in [0.2, 0.25) is 0 Å². The van der Waals surface area contributed by atoms with Crippen molar-refractivity contribution in [1.82, 2.24) is 4.98 Å². The third-order valence-corrected chi connectivity index (χ3v) is 3.92. The van der Waals surface area contributed by atoms with Gasteiger partial charge in [0.05, 0.1) is 5.56 Å². The Kier molecular flexibility index (Phi) is 4.32. The summed E-state index contributed by atoms with van der Waals surface area (Å²) in [6.07, 6.45) is 1.73. The van der Waals surface area contributed by atoms with Gasteiger partial charge in [0.1, 0.15) is 5.82 Å². The second-order valence-electron chi connectivity index (χ2n) is 5.33. The van der Waals surface area contributed by atoms with Gasteiger partial charge in [0.2, 0.25) is 0 Å². The van der Waals surface area contributed by atoms with Crippen LogP contribution >= 0.6 is 0 Å². The lowest BCUT2D eigenvalue weighted by molar-refractivity contribution is -0.137. The molecule has 1 heterocycles. The van der Waals surface area contributed by atoms with Gasteiger partial charge in [-0.15, -0.1) is 0 Å². The van der Waals surface area contributed by atoms with E-state index in [1.807, 2.05) is 0 Å². The van der Waals surface area contributed by atoms with E-state index in [-0.39, 0.29) is 0 Å². The van der Waals surface area contributed by atoms with E-state index in [0.29, 0.717) is 24.2 Å². The fraction of sp³-hybridized carbons (Fsp3) is 0.643. The number of nitrogens with zero attached hydrogens (tertiary/aromatic N) is 1. The van der Waals surface area contributed by atoms with Gasteiger partial charge in [0, 0.05) is 12.7 Å². The Hall–Kier alpha value is -1.26. The Bertz CT molecular complexity index is 417. The van der Waals surface area contributed by atoms with Gasteiger partial charge in [-0.2, -0.15) is 13.2 Å². The topological polar surface area (TPSA) is 24.9 Å². The number of anilines is 1. The molecule has 2 unspecified atom stereocenters. The first-order valence-electron chi connectivity index (χ1n) is 6.74. The maximum Gasteiger partial charge on any atom is 0.416 e. The number of nitrogens with one attached hydrogen (secondary N) is 1. The molecule has 1 aliphatic carbocycles. The lowest BCUT2D eigenvalue weighted by atomic mass is 9.80. The molecule has 5 heteroatoms. The third kappa shape index (κ3) is 3.85. The summed E-state index contributed by atoms with van der Waals surface area (Å²) in [5.41, 5.74) is -0.651. The molecule has 0 aromatic carbocycles. The summed E-state index contributed by atoms with van der Waals surface area (Å²) < 4.78 is 37.7. The fourth-order valence-electron chi connectivity index (χ4n) is 2.64. The van der Waals surface area contributed by atoms with Crippen LogP contribution in [0.1, 0.15) is 38.2 Å². The van der Waals surface area contributed by atoms with E-state index in [0.717, 1.165) is 18.6 Å². The van der Waals surface area contributed by atoms with Crippen LogP contribution in [0.5, 0.6) is 0 Å². The van der Waals surface area contributed by atoms with Crippen molar-refractivity contribution in [3.63, 3.8) is 0 Å². The molecule has 0 spiro atoms. The Morgan fingerprint density at radius 2 is 2.05 bits per heavy atom. The molecule has 2 nitrogen and oxygen atoms in total. The highest BCUT2D eigenvalue weighted by Gasteiger charge is 2.30. The van der Waals surface area contributed by atoms with Crippen molar-refractivity contribution in [3.05, 3.63) is 23.9 Å². The van der Waals surface area contributed by atoms with E-state index < -0.39 is 11.7 Å². The molecule has 0 aliphatic heterocycles. The second-order valence-corrected chi connectivity index (χ2v) is 5.33. The molecule has 0 saturated heterocycles. The number of alkyl halides is 3. The van der Waals surface area contributed by atoms with Gasteiger partial charge in [-0.1, -0.05) is 26.2 Å². The van der Waals surface area contributed by atoms with Gasteiger partial charge < -0.3 is 5.32 Å². The number of hydrogen-bond acceptors (Lipinski definition) is 2. The number of rotatable bonds is 3. The molecule has 106 valence electrons. The highest BCUT2D eigenvalue weighted by molar-refractivity contribution is 5.38. The molecule has 19 heavy (non-hydrogen) atoms. The molecule has 0 bridgehead atoms. The zero-order valence-corrected chi connectivity index (χ0v) is 11.0. The van der Waals surface area contributed by atoms with Gasteiger partial charge >= 0.3 is 6.18 Å². The van der Waals surface area contributed by atoms with Crippen LogP contribution in [0, 0.1) is 11.8 Å². The number of pyridine rings is 1. The highest BCUT2D eigenvalue weighted by atomic mass is 19.4. The monoisotopic (exact) mass is 272 g/mol. The minimum atomic E-state index is -4.31. The van der Waals surface area contributed by atoms with Crippen LogP contribution in [0.4, 0.5) is 19.0 Å². The molecule has 1 N–H and O–H groups in total. The van der Waals surface area contributed by atoms with Crippen molar-refractivity contribution in [2.45, 2.75) is 38.8 Å². The minimum absolute atomic E-state index is 0.313. The zero-order chi connectivity index (χ0) is 13.9. The lowest BCUT2D eigenvalue weighted by Crippen LogP contribution is -2.24. The summed E-state index contributed by atoms with van der Waals surface area (Å²) in [6.45, 7) is 2.92. The summed E-state index contributed by atoms with van der Waals surface area (Å²) in [7, 11) is 0. The largest absolute Gasteiger partial charge is 0.416 e. The van der Waals surface area contributed by atoms with Crippen molar-refractivity contribution in [2.75, 3.05) is 11.9 Å². The van der Waals surface area contributed by atoms with E-state index >= 15 is 0 Å². The van der Waals surface area contributed by atoms with Gasteiger partial charge in [0.25, 0.3) is 0 Å². The molecule has 1 fully saturated rings. The Morgan fingerprint density at radius 3 is 2.74 bits per heavy atom. The van der Waals surface area contributed by atoms with Gasteiger partial charge in [0.15, 0.2) is 0 Å². The van der Waals surface area contributed by atoms with E-state index in [1.165, 1.54) is 25.5 Å². The Balaban J connectivity index is 1.96. The first-order chi connectivity index (χ1) is 8.97. The number of halogens is 3. The molecule has 1 aromatic heterocycles. The molecule has 0 amide bonds. The van der Waals surface area contributed by atoms with Crippen molar-refractivity contribution >= 4 is 5.82 Å². The first kappa shape index (κ1) is 14.2. The molecular weight excluding hydrogens is 253 g/mol. The maximum absolute atomic E-state index is 12.6. The number of aromatic nitrogens is 1. The van der Waals surface area contributed by atoms with Crippen LogP contribution in [-0.2, 0) is 6.18 Å². The molecule has 1 aliphatic rings. The summed E-state index contributed by atoms with van der Waals surface area (Å²) in [4.78, 5) is 3.95. The number of hydrogen-bond donors (Lipinski definition) is 1. The van der Waals surface area contributed by atoms with Crippen molar-refractivity contribution in [3.8, 4) is 0 Å². The molecule has 1 aromatic rings. The summed E-state index contributed by atoms with van der Waals surface area (Å²) in [5, 5.41) is 3.05. The first-order valence-corrected chi connectivity index (χ1v) is 6.74. The third-order valence-electron chi connectivity index (χ3n) is 3.92. The summed E-state index contributed by atoms with van der Waals surface area (Å²) >= 11 is 0. The maximum atomic E-state index is 12.6. The van der Waals surface area contributed by atoms with E-state index in [4.69, 9.17) is 0 Å². The smallest absolute Gasteiger partial charge is 0.370 e. The average Bonchev–Trinajstić information content (AvgIpc) is 2.37. The van der Waals surface area contributed by atoms with Gasteiger partial charge in [-0.3, -0.25) is 0 Å². The van der Waals surface area contributed by atoms with Crippen LogP contribution in [-0.4, -0.2) is 11.5 Å². The van der Waals surface area contributed by atoms with Crippen molar-refractivity contribution in [1.29, 1.82) is 0 Å². The quantitative estimate of drug-likeness (QED) is 0.885. The van der Waals surface area contributed by atoms with E-state index in [2.05, 4.69) is 17.2 Å². The van der Waals surface area contributed by atoms with Crippen LogP contribution in [0.3, 0.4) is 0 Å². The van der Waals surface area contributed by atoms with Gasteiger partial charge in [-0.05, 0) is 30.4 Å². The molecule has 0 radical (unpaired) electrons. The molecule has 2 rings (SSSR count). The van der Waals surface area contributed by atoms with Crippen molar-refractivity contribution < 1.29 is 13.2 Å². The Labute approximate surface area is 111 Å². The van der Waals surface area contributed by atoms with E-state index in [1.54, 1.807) is 0 Å². The molecule has 1 saturated carbocycles. The molecule has 2 atom stereocenters. The van der Waals surface area contributed by atoms with Crippen LogP contribution in [0.25, 0.3) is 0 Å².